The maximum absolute atomic E-state index is 13.6. The predicted molar refractivity (Wildman–Crippen MR) is 71.0 cm³/mol. The van der Waals surface area contributed by atoms with E-state index >= 15 is 0 Å². The van der Waals surface area contributed by atoms with Crippen LogP contribution in [-0.4, -0.2) is 49.0 Å². The van der Waals surface area contributed by atoms with Gasteiger partial charge in [-0.3, -0.25) is 0 Å². The molecule has 0 radical (unpaired) electrons. The lowest BCUT2D eigenvalue weighted by atomic mass is 10.0. The first-order valence-electron chi connectivity index (χ1n) is 5.98. The molecule has 1 N–H and O–H groups in total. The molecule has 1 heterocycles. The summed E-state index contributed by atoms with van der Waals surface area (Å²) in [4.78, 5) is 2.11. The first-order valence-corrected chi connectivity index (χ1v) is 6.77. The molecule has 5 heteroatoms. The second-order valence-electron chi connectivity index (χ2n) is 4.68. The molecule has 1 aliphatic heterocycles. The molecule has 0 spiro atoms. The number of likely N-dealkylation sites (N-methyl/N-ethyl adjacent to an activating group) is 1. The van der Waals surface area contributed by atoms with Crippen LogP contribution in [0.5, 0.6) is 0 Å². The molecule has 0 saturated carbocycles. The van der Waals surface area contributed by atoms with Crippen molar-refractivity contribution in [1.29, 1.82) is 0 Å². The van der Waals surface area contributed by atoms with Gasteiger partial charge in [0.25, 0.3) is 0 Å². The van der Waals surface area contributed by atoms with Crippen LogP contribution in [0.4, 0.5) is 4.39 Å². The zero-order chi connectivity index (χ0) is 13.1. The summed E-state index contributed by atoms with van der Waals surface area (Å²) >= 11 is 3.30. The Kier molecular flexibility index (Phi) is 4.72. The van der Waals surface area contributed by atoms with Crippen molar-refractivity contribution in [3.8, 4) is 0 Å². The van der Waals surface area contributed by atoms with E-state index in [1.54, 1.807) is 12.1 Å². The zero-order valence-corrected chi connectivity index (χ0v) is 11.9. The molecule has 1 aromatic carbocycles. The monoisotopic (exact) mass is 317 g/mol. The van der Waals surface area contributed by atoms with E-state index in [1.165, 1.54) is 6.07 Å². The topological polar surface area (TPSA) is 32.7 Å². The standard InChI is InChI=1S/C13H17BrFNO2/c1-16-4-5-18-13(8-16)12(17)7-9-6-10(14)2-3-11(9)15/h2-3,6,12-13,17H,4-5,7-8H2,1H3. The second-order valence-corrected chi connectivity index (χ2v) is 5.59. The first kappa shape index (κ1) is 13.9. The summed E-state index contributed by atoms with van der Waals surface area (Å²) < 4.78 is 19.9. The summed E-state index contributed by atoms with van der Waals surface area (Å²) in [5.41, 5.74) is 0.508. The molecule has 0 bridgehead atoms. The highest BCUT2D eigenvalue weighted by atomic mass is 79.9. The Morgan fingerprint density at radius 1 is 1.61 bits per heavy atom. The molecule has 0 aliphatic carbocycles. The first-order chi connectivity index (χ1) is 8.56. The lowest BCUT2D eigenvalue weighted by Crippen LogP contribution is -2.46. The lowest BCUT2D eigenvalue weighted by Gasteiger charge is -2.33. The summed E-state index contributed by atoms with van der Waals surface area (Å²) in [5.74, 6) is -0.290. The Labute approximate surface area is 115 Å². The van der Waals surface area contributed by atoms with E-state index in [1.807, 2.05) is 7.05 Å². The third-order valence-corrected chi connectivity index (χ3v) is 3.66. The smallest absolute Gasteiger partial charge is 0.126 e. The van der Waals surface area contributed by atoms with Gasteiger partial charge in [0, 0.05) is 24.0 Å². The number of nitrogens with zero attached hydrogens (tertiary/aromatic N) is 1. The van der Waals surface area contributed by atoms with Crippen LogP contribution in [0.1, 0.15) is 5.56 Å². The van der Waals surface area contributed by atoms with Gasteiger partial charge in [0.05, 0.1) is 18.8 Å². The van der Waals surface area contributed by atoms with Crippen molar-refractivity contribution < 1.29 is 14.2 Å². The van der Waals surface area contributed by atoms with E-state index in [-0.39, 0.29) is 18.3 Å². The Bertz CT molecular complexity index is 416. The maximum atomic E-state index is 13.6. The fraction of sp³-hybridized carbons (Fsp3) is 0.538. The van der Waals surface area contributed by atoms with Crippen LogP contribution < -0.4 is 0 Å². The quantitative estimate of drug-likeness (QED) is 0.923. The van der Waals surface area contributed by atoms with Gasteiger partial charge in [-0.2, -0.15) is 0 Å². The fourth-order valence-electron chi connectivity index (χ4n) is 2.10. The molecule has 1 aromatic rings. The Morgan fingerprint density at radius 3 is 3.11 bits per heavy atom. The van der Waals surface area contributed by atoms with Crippen molar-refractivity contribution >= 4 is 15.9 Å². The average Bonchev–Trinajstić information content (AvgIpc) is 2.34. The largest absolute Gasteiger partial charge is 0.390 e. The minimum Gasteiger partial charge on any atom is -0.390 e. The van der Waals surface area contributed by atoms with Crippen LogP contribution in [0.15, 0.2) is 22.7 Å². The van der Waals surface area contributed by atoms with Crippen molar-refractivity contribution in [2.24, 2.45) is 0 Å². The molecular formula is C13H17BrFNO2. The maximum Gasteiger partial charge on any atom is 0.126 e. The van der Waals surface area contributed by atoms with Crippen molar-refractivity contribution in [3.63, 3.8) is 0 Å². The molecule has 2 atom stereocenters. The molecule has 18 heavy (non-hydrogen) atoms. The lowest BCUT2D eigenvalue weighted by molar-refractivity contribution is -0.0825. The van der Waals surface area contributed by atoms with E-state index in [0.717, 1.165) is 11.0 Å². The summed E-state index contributed by atoms with van der Waals surface area (Å²) in [7, 11) is 1.99. The summed E-state index contributed by atoms with van der Waals surface area (Å²) in [6.45, 7) is 2.16. The van der Waals surface area contributed by atoms with E-state index in [0.29, 0.717) is 18.7 Å². The number of aliphatic hydroxyl groups excluding tert-OH is 1. The SMILES string of the molecule is CN1CCOC(C(O)Cc2cc(Br)ccc2F)C1. The van der Waals surface area contributed by atoms with Gasteiger partial charge < -0.3 is 14.7 Å². The molecule has 0 amide bonds. The van der Waals surface area contributed by atoms with Gasteiger partial charge in [0.1, 0.15) is 5.82 Å². The van der Waals surface area contributed by atoms with Crippen molar-refractivity contribution in [2.45, 2.75) is 18.6 Å². The summed E-state index contributed by atoms with van der Waals surface area (Å²) in [5, 5.41) is 10.1. The highest BCUT2D eigenvalue weighted by molar-refractivity contribution is 9.10. The number of benzene rings is 1. The van der Waals surface area contributed by atoms with Crippen LogP contribution >= 0.6 is 15.9 Å². The molecule has 1 fully saturated rings. The van der Waals surface area contributed by atoms with Gasteiger partial charge in [-0.05, 0) is 30.8 Å². The van der Waals surface area contributed by atoms with Gasteiger partial charge in [0.15, 0.2) is 0 Å². The number of halogens is 2. The number of morpholine rings is 1. The highest BCUT2D eigenvalue weighted by Gasteiger charge is 2.26. The predicted octanol–water partition coefficient (Wildman–Crippen LogP) is 1.82. The molecule has 2 unspecified atom stereocenters. The van der Waals surface area contributed by atoms with Crippen molar-refractivity contribution in [2.75, 3.05) is 26.7 Å². The minimum absolute atomic E-state index is 0.248. The Balaban J connectivity index is 2.01. The van der Waals surface area contributed by atoms with Crippen LogP contribution in [0.25, 0.3) is 0 Å². The molecule has 0 aromatic heterocycles. The van der Waals surface area contributed by atoms with Crippen LogP contribution in [0.2, 0.25) is 0 Å². The number of rotatable bonds is 3. The van der Waals surface area contributed by atoms with E-state index < -0.39 is 6.10 Å². The van der Waals surface area contributed by atoms with Crippen LogP contribution in [0.3, 0.4) is 0 Å². The third kappa shape index (κ3) is 3.51. The Morgan fingerprint density at radius 2 is 2.39 bits per heavy atom. The second kappa shape index (κ2) is 6.10. The molecule has 1 aliphatic rings. The van der Waals surface area contributed by atoms with E-state index in [2.05, 4.69) is 20.8 Å². The molecule has 2 rings (SSSR count). The van der Waals surface area contributed by atoms with Crippen LogP contribution in [0, 0.1) is 5.82 Å². The number of hydrogen-bond acceptors (Lipinski definition) is 3. The van der Waals surface area contributed by atoms with Gasteiger partial charge in [-0.25, -0.2) is 4.39 Å². The van der Waals surface area contributed by atoms with Crippen molar-refractivity contribution in [3.05, 3.63) is 34.1 Å². The molecular weight excluding hydrogens is 301 g/mol. The number of aliphatic hydroxyl groups is 1. The normalized spacial score (nSPS) is 23.0. The van der Waals surface area contributed by atoms with E-state index in [9.17, 15) is 9.50 Å². The van der Waals surface area contributed by atoms with Gasteiger partial charge in [-0.15, -0.1) is 0 Å². The van der Waals surface area contributed by atoms with E-state index in [4.69, 9.17) is 4.74 Å². The van der Waals surface area contributed by atoms with Gasteiger partial charge >= 0.3 is 0 Å². The third-order valence-electron chi connectivity index (χ3n) is 3.16. The Hall–Kier alpha value is -0.490. The summed E-state index contributed by atoms with van der Waals surface area (Å²) in [6, 6.07) is 4.75. The number of ether oxygens (including phenoxy) is 1. The van der Waals surface area contributed by atoms with Gasteiger partial charge in [-0.1, -0.05) is 15.9 Å². The fourth-order valence-corrected chi connectivity index (χ4v) is 2.51. The molecule has 3 nitrogen and oxygen atoms in total. The van der Waals surface area contributed by atoms with Crippen molar-refractivity contribution in [1.82, 2.24) is 4.90 Å². The minimum atomic E-state index is -0.684. The van der Waals surface area contributed by atoms with Crippen LogP contribution in [-0.2, 0) is 11.2 Å². The zero-order valence-electron chi connectivity index (χ0n) is 10.3. The van der Waals surface area contributed by atoms with Gasteiger partial charge in [0.2, 0.25) is 0 Å². The highest BCUT2D eigenvalue weighted by Crippen LogP contribution is 2.19. The number of hydrogen-bond donors (Lipinski definition) is 1. The summed E-state index contributed by atoms with van der Waals surface area (Å²) in [6.07, 6.45) is -0.664. The molecule has 100 valence electrons. The average molecular weight is 318 g/mol. The molecule has 1 saturated heterocycles.